The molecule has 352 valence electrons. The zero-order valence-electron chi connectivity index (χ0n) is 41.4. The lowest BCUT2D eigenvalue weighted by Crippen LogP contribution is -2.10. The van der Waals surface area contributed by atoms with Crippen molar-refractivity contribution in [3.63, 3.8) is 0 Å². The van der Waals surface area contributed by atoms with Gasteiger partial charge >= 0.3 is 0 Å². The van der Waals surface area contributed by atoms with Crippen LogP contribution in [0.2, 0.25) is 0 Å². The van der Waals surface area contributed by atoms with E-state index in [4.69, 9.17) is 0 Å². The molecule has 0 aliphatic carbocycles. The highest BCUT2D eigenvalue weighted by atomic mass is 15.1. The lowest BCUT2D eigenvalue weighted by molar-refractivity contribution is 1.28. The average Bonchev–Trinajstić information content (AvgIpc) is 3.50. The second-order valence-corrected chi connectivity index (χ2v) is 19.1. The van der Waals surface area contributed by atoms with E-state index in [-0.39, 0.29) is 0 Å². The van der Waals surface area contributed by atoms with E-state index < -0.39 is 0 Å². The quantitative estimate of drug-likeness (QED) is 0.117. The number of rotatable bonds is 11. The molecule has 0 heterocycles. The first-order chi connectivity index (χ1) is 37.2. The van der Waals surface area contributed by atoms with Crippen molar-refractivity contribution in [2.75, 3.05) is 4.90 Å². The Morgan fingerprint density at radius 2 is 0.520 bits per heavy atom. The van der Waals surface area contributed by atoms with Gasteiger partial charge in [-0.15, -0.1) is 0 Å². The number of benzene rings is 13. The van der Waals surface area contributed by atoms with Crippen molar-refractivity contribution in [3.05, 3.63) is 309 Å². The molecule has 0 bridgehead atoms. The summed E-state index contributed by atoms with van der Waals surface area (Å²) >= 11 is 0. The number of hydrogen-bond donors (Lipinski definition) is 0. The van der Waals surface area contributed by atoms with Gasteiger partial charge in [0.2, 0.25) is 0 Å². The van der Waals surface area contributed by atoms with Crippen molar-refractivity contribution in [1.82, 2.24) is 0 Å². The Labute approximate surface area is 439 Å². The van der Waals surface area contributed by atoms with Crippen molar-refractivity contribution in [2.45, 2.75) is 0 Å². The van der Waals surface area contributed by atoms with E-state index >= 15 is 0 Å². The SMILES string of the molecule is c1ccc(-c2cc(-c3ccccc3)cc(N(c3ccc(-c4cccc(-c5ccccc5)c4-c4ccccc4)cc3)c3ccc(-c4cccc5c4c(-c4ccccc4)c(-c4ccccc4)c4ccccc45)cc3)c2)cc1. The first kappa shape index (κ1) is 45.1. The second kappa shape index (κ2) is 20.0. The van der Waals surface area contributed by atoms with Crippen molar-refractivity contribution >= 4 is 38.6 Å². The third-order valence-electron chi connectivity index (χ3n) is 14.7. The first-order valence-corrected chi connectivity index (χ1v) is 25.8. The molecule has 0 radical (unpaired) electrons. The Bertz CT molecular complexity index is 4040. The van der Waals surface area contributed by atoms with E-state index in [1.54, 1.807) is 0 Å². The van der Waals surface area contributed by atoms with E-state index in [0.717, 1.165) is 39.3 Å². The molecule has 0 unspecified atom stereocenters. The topological polar surface area (TPSA) is 3.24 Å². The van der Waals surface area contributed by atoms with Crippen LogP contribution < -0.4 is 4.90 Å². The molecule has 0 amide bonds. The second-order valence-electron chi connectivity index (χ2n) is 19.1. The van der Waals surface area contributed by atoms with Gasteiger partial charge in [0.05, 0.1) is 0 Å². The molecular weight excluding hydrogens is 903 g/mol. The number of hydrogen-bond acceptors (Lipinski definition) is 1. The molecule has 0 N–H and O–H groups in total. The minimum absolute atomic E-state index is 1.06. The third kappa shape index (κ3) is 8.67. The molecule has 0 atom stereocenters. The van der Waals surface area contributed by atoms with Gasteiger partial charge in [0.15, 0.2) is 0 Å². The summed E-state index contributed by atoms with van der Waals surface area (Å²) in [5.41, 5.74) is 22.2. The standard InChI is InChI=1S/C74H51N/c1-7-23-52(24-8-1)60-49-61(53-25-9-2-10-26-53)51-64(50-60)75(62-45-41-55(42-46-62)66-38-21-37-65(54-27-11-3-12-28-54)71(66)57-29-13-4-14-30-57)63-47-43-56(44-48-63)67-39-22-40-70-68-35-19-20-36-69(68)72(58-31-15-5-16-32-58)73(74(67)70)59-33-17-6-18-34-59/h1-51H. The van der Waals surface area contributed by atoms with E-state index in [2.05, 4.69) is 314 Å². The maximum Gasteiger partial charge on any atom is 0.0473 e. The maximum atomic E-state index is 2.42. The molecule has 1 heteroatoms. The molecular formula is C74H51N. The molecule has 75 heavy (non-hydrogen) atoms. The van der Waals surface area contributed by atoms with Crippen LogP contribution in [-0.4, -0.2) is 0 Å². The highest BCUT2D eigenvalue weighted by molar-refractivity contribution is 6.25. The maximum absolute atomic E-state index is 2.42. The largest absolute Gasteiger partial charge is 0.310 e. The number of anilines is 3. The van der Waals surface area contributed by atoms with Crippen molar-refractivity contribution in [2.24, 2.45) is 0 Å². The fourth-order valence-corrected chi connectivity index (χ4v) is 11.2. The smallest absolute Gasteiger partial charge is 0.0473 e. The van der Waals surface area contributed by atoms with Gasteiger partial charge in [-0.2, -0.15) is 0 Å². The lowest BCUT2D eigenvalue weighted by Gasteiger charge is -2.27. The van der Waals surface area contributed by atoms with E-state index in [1.165, 1.54) is 88.3 Å². The van der Waals surface area contributed by atoms with Crippen LogP contribution in [0.3, 0.4) is 0 Å². The fourth-order valence-electron chi connectivity index (χ4n) is 11.2. The summed E-state index contributed by atoms with van der Waals surface area (Å²) in [5.74, 6) is 0. The fraction of sp³-hybridized carbons (Fsp3) is 0. The van der Waals surface area contributed by atoms with Crippen LogP contribution in [0.1, 0.15) is 0 Å². The van der Waals surface area contributed by atoms with E-state index in [9.17, 15) is 0 Å². The van der Waals surface area contributed by atoms with Crippen LogP contribution in [-0.2, 0) is 0 Å². The molecule has 0 aromatic heterocycles. The van der Waals surface area contributed by atoms with Gasteiger partial charge in [0.1, 0.15) is 0 Å². The van der Waals surface area contributed by atoms with Crippen molar-refractivity contribution in [1.29, 1.82) is 0 Å². The Balaban J connectivity index is 1.00. The first-order valence-electron chi connectivity index (χ1n) is 25.8. The van der Waals surface area contributed by atoms with Gasteiger partial charge in [0.25, 0.3) is 0 Å². The summed E-state index contributed by atoms with van der Waals surface area (Å²) in [6.07, 6.45) is 0. The van der Waals surface area contributed by atoms with Crippen LogP contribution in [0.15, 0.2) is 309 Å². The molecule has 13 rings (SSSR count). The van der Waals surface area contributed by atoms with E-state index in [1.807, 2.05) is 0 Å². The zero-order valence-corrected chi connectivity index (χ0v) is 41.4. The number of nitrogens with zero attached hydrogens (tertiary/aromatic N) is 1. The summed E-state index contributed by atoms with van der Waals surface area (Å²) in [5, 5.41) is 4.98. The molecule has 0 saturated carbocycles. The van der Waals surface area contributed by atoms with Gasteiger partial charge in [-0.05, 0) is 153 Å². The highest BCUT2D eigenvalue weighted by Gasteiger charge is 2.22. The molecule has 0 aliphatic heterocycles. The lowest BCUT2D eigenvalue weighted by atomic mass is 9.82. The molecule has 13 aromatic rings. The zero-order chi connectivity index (χ0) is 49.9. The average molecular weight is 954 g/mol. The summed E-state index contributed by atoms with van der Waals surface area (Å²) < 4.78 is 0. The van der Waals surface area contributed by atoms with Crippen LogP contribution in [0, 0.1) is 0 Å². The van der Waals surface area contributed by atoms with Crippen LogP contribution in [0.25, 0.3) is 111 Å². The van der Waals surface area contributed by atoms with Crippen LogP contribution in [0.5, 0.6) is 0 Å². The van der Waals surface area contributed by atoms with Crippen molar-refractivity contribution < 1.29 is 0 Å². The highest BCUT2D eigenvalue weighted by Crippen LogP contribution is 2.49. The predicted octanol–water partition coefficient (Wildman–Crippen LogP) is 20.8. The van der Waals surface area contributed by atoms with Gasteiger partial charge < -0.3 is 4.90 Å². The summed E-state index contributed by atoms with van der Waals surface area (Å²) in [6.45, 7) is 0. The Hall–Kier alpha value is -9.82. The summed E-state index contributed by atoms with van der Waals surface area (Å²) in [4.78, 5) is 2.42. The minimum Gasteiger partial charge on any atom is -0.310 e. The Morgan fingerprint density at radius 1 is 0.173 bits per heavy atom. The monoisotopic (exact) mass is 953 g/mol. The minimum atomic E-state index is 1.06. The van der Waals surface area contributed by atoms with Gasteiger partial charge in [-0.25, -0.2) is 0 Å². The van der Waals surface area contributed by atoms with Gasteiger partial charge in [0, 0.05) is 17.1 Å². The number of fused-ring (bicyclic) bond motifs is 3. The molecule has 0 spiro atoms. The third-order valence-corrected chi connectivity index (χ3v) is 14.7. The van der Waals surface area contributed by atoms with E-state index in [0.29, 0.717) is 0 Å². The summed E-state index contributed by atoms with van der Waals surface area (Å²) in [6, 6.07) is 113. The van der Waals surface area contributed by atoms with Crippen LogP contribution in [0.4, 0.5) is 17.1 Å². The van der Waals surface area contributed by atoms with Crippen LogP contribution >= 0.6 is 0 Å². The Morgan fingerprint density at radius 3 is 1.01 bits per heavy atom. The molecule has 13 aromatic carbocycles. The van der Waals surface area contributed by atoms with Crippen molar-refractivity contribution in [3.8, 4) is 89.0 Å². The normalized spacial score (nSPS) is 11.2. The predicted molar refractivity (Wildman–Crippen MR) is 320 cm³/mol. The Kier molecular flexibility index (Phi) is 12.0. The molecule has 0 saturated heterocycles. The van der Waals surface area contributed by atoms with Gasteiger partial charge in [-0.1, -0.05) is 267 Å². The summed E-state index contributed by atoms with van der Waals surface area (Å²) in [7, 11) is 0. The molecule has 1 nitrogen and oxygen atoms in total. The molecule has 0 aliphatic rings. The molecule has 0 fully saturated rings. The van der Waals surface area contributed by atoms with Gasteiger partial charge in [-0.3, -0.25) is 0 Å².